The first-order chi connectivity index (χ1) is 10.7. The number of ether oxygens (including phenoxy) is 1. The van der Waals surface area contributed by atoms with Crippen LogP contribution in [0.3, 0.4) is 0 Å². The molecule has 0 radical (unpaired) electrons. The molecule has 0 aliphatic heterocycles. The molecule has 0 aliphatic carbocycles. The number of hydrogen-bond acceptors (Lipinski definition) is 1. The van der Waals surface area contributed by atoms with E-state index in [9.17, 15) is 0 Å². The first-order valence-corrected chi connectivity index (χ1v) is 7.32. The summed E-state index contributed by atoms with van der Waals surface area (Å²) in [6.07, 6.45) is 4.21. The summed E-state index contributed by atoms with van der Waals surface area (Å²) in [5.74, 6) is 2.03. The molecule has 110 valence electrons. The number of aryl methyl sites for hydroxylation is 1. The predicted molar refractivity (Wildman–Crippen MR) is 86.7 cm³/mol. The van der Waals surface area contributed by atoms with Gasteiger partial charge in [0.15, 0.2) is 0 Å². The van der Waals surface area contributed by atoms with Crippen LogP contribution in [-0.4, -0.2) is 16.1 Å². The van der Waals surface area contributed by atoms with Crippen molar-refractivity contribution >= 4 is 16.8 Å². The first-order valence-electron chi connectivity index (χ1n) is 7.32. The molecule has 4 rings (SSSR count). The van der Waals surface area contributed by atoms with Crippen LogP contribution in [0.15, 0.2) is 54.9 Å². The molecule has 4 heteroatoms. The molecule has 4 aromatic rings. The molecule has 0 spiro atoms. The van der Waals surface area contributed by atoms with Gasteiger partial charge in [-0.05, 0) is 31.2 Å². The Kier molecular flexibility index (Phi) is 2.73. The zero-order valence-electron chi connectivity index (χ0n) is 12.9. The van der Waals surface area contributed by atoms with Crippen molar-refractivity contribution in [3.05, 3.63) is 60.4 Å². The van der Waals surface area contributed by atoms with Crippen LogP contribution in [0.4, 0.5) is 0 Å². The van der Waals surface area contributed by atoms with E-state index in [0.717, 1.165) is 22.8 Å². The number of nitrogens with zero attached hydrogens (tertiary/aromatic N) is 3. The minimum atomic E-state index is 0.906. The second-order valence-electron chi connectivity index (χ2n) is 5.49. The monoisotopic (exact) mass is 292 g/mol. The zero-order valence-corrected chi connectivity index (χ0v) is 12.9. The van der Waals surface area contributed by atoms with Gasteiger partial charge in [0.1, 0.15) is 34.9 Å². The van der Waals surface area contributed by atoms with Crippen molar-refractivity contribution in [2.45, 2.75) is 6.92 Å². The lowest BCUT2D eigenvalue weighted by Crippen LogP contribution is -2.29. The fourth-order valence-corrected chi connectivity index (χ4v) is 3.23. The third kappa shape index (κ3) is 1.61. The molecular weight excluding hydrogens is 274 g/mol. The topological polar surface area (TPSA) is 22.4 Å². The van der Waals surface area contributed by atoms with E-state index >= 15 is 0 Å². The van der Waals surface area contributed by atoms with Crippen molar-refractivity contribution in [2.75, 3.05) is 7.11 Å². The number of benzene rings is 2. The number of fused-ring (bicyclic) bond motifs is 3. The minimum absolute atomic E-state index is 0.906. The third-order valence-electron chi connectivity index (χ3n) is 4.33. The van der Waals surface area contributed by atoms with Gasteiger partial charge in [-0.2, -0.15) is 4.40 Å². The molecule has 2 heterocycles. The lowest BCUT2D eigenvalue weighted by atomic mass is 10.2. The van der Waals surface area contributed by atoms with Crippen LogP contribution in [0.1, 0.15) is 5.56 Å². The van der Waals surface area contributed by atoms with Gasteiger partial charge in [0.2, 0.25) is 0 Å². The van der Waals surface area contributed by atoms with Gasteiger partial charge >= 0.3 is 5.78 Å². The molecular formula is C18H18N3O+. The van der Waals surface area contributed by atoms with Gasteiger partial charge in [0.05, 0.1) is 14.2 Å². The van der Waals surface area contributed by atoms with Crippen molar-refractivity contribution in [1.82, 2.24) is 8.97 Å². The van der Waals surface area contributed by atoms with Gasteiger partial charge in [0, 0.05) is 5.56 Å². The maximum absolute atomic E-state index is 5.46. The molecule has 0 saturated carbocycles. The minimum Gasteiger partial charge on any atom is -0.496 e. The second-order valence-corrected chi connectivity index (χ2v) is 5.49. The van der Waals surface area contributed by atoms with Crippen molar-refractivity contribution < 1.29 is 9.30 Å². The summed E-state index contributed by atoms with van der Waals surface area (Å²) in [7, 11) is 3.81. The molecule has 2 aromatic heterocycles. The number of aromatic nitrogens is 3. The number of rotatable bonds is 2. The van der Waals surface area contributed by atoms with E-state index in [4.69, 9.17) is 4.74 Å². The average molecular weight is 292 g/mol. The predicted octanol–water partition coefficient (Wildman–Crippen LogP) is 3.02. The van der Waals surface area contributed by atoms with Gasteiger partial charge in [-0.15, -0.1) is 0 Å². The van der Waals surface area contributed by atoms with Crippen LogP contribution in [0.5, 0.6) is 5.75 Å². The number of hydrogen-bond donors (Lipinski definition) is 0. The number of methoxy groups -OCH3 is 1. The van der Waals surface area contributed by atoms with Crippen LogP contribution in [0.2, 0.25) is 0 Å². The molecule has 0 aliphatic rings. The summed E-state index contributed by atoms with van der Waals surface area (Å²) in [5.41, 5.74) is 4.69. The standard InChI is InChI=1S/C18H18N3O/c1-13-14(9-6-10-17(13)22-3)20-11-12-21-16-8-5-4-7-15(16)19(2)18(20)21/h4-12H,1-3H3/q+1. The third-order valence-corrected chi connectivity index (χ3v) is 4.33. The summed E-state index contributed by atoms with van der Waals surface area (Å²) in [4.78, 5) is 0. The summed E-state index contributed by atoms with van der Waals surface area (Å²) in [5, 5.41) is 0. The van der Waals surface area contributed by atoms with Crippen LogP contribution in [0.25, 0.3) is 22.5 Å². The Balaban J connectivity index is 2.09. The first kappa shape index (κ1) is 13.0. The van der Waals surface area contributed by atoms with E-state index in [1.54, 1.807) is 7.11 Å². The molecule has 4 nitrogen and oxygen atoms in total. The van der Waals surface area contributed by atoms with Gasteiger partial charge in [0.25, 0.3) is 0 Å². The molecule has 2 aromatic carbocycles. The molecule has 0 N–H and O–H groups in total. The highest BCUT2D eigenvalue weighted by molar-refractivity contribution is 5.75. The highest BCUT2D eigenvalue weighted by Gasteiger charge is 2.22. The van der Waals surface area contributed by atoms with Crippen molar-refractivity contribution in [1.29, 1.82) is 0 Å². The Bertz CT molecular complexity index is 994. The average Bonchev–Trinajstić information content (AvgIpc) is 3.09. The molecule has 0 amide bonds. The van der Waals surface area contributed by atoms with Gasteiger partial charge in [-0.3, -0.25) is 0 Å². The van der Waals surface area contributed by atoms with Crippen LogP contribution in [0, 0.1) is 6.92 Å². The van der Waals surface area contributed by atoms with Crippen LogP contribution < -0.4 is 9.30 Å². The van der Waals surface area contributed by atoms with Crippen molar-refractivity contribution in [3.63, 3.8) is 0 Å². The Morgan fingerprint density at radius 2 is 1.82 bits per heavy atom. The molecule has 0 unspecified atom stereocenters. The van der Waals surface area contributed by atoms with Crippen LogP contribution in [-0.2, 0) is 7.05 Å². The van der Waals surface area contributed by atoms with E-state index in [-0.39, 0.29) is 0 Å². The Morgan fingerprint density at radius 3 is 2.64 bits per heavy atom. The lowest BCUT2D eigenvalue weighted by molar-refractivity contribution is -0.620. The molecule has 22 heavy (non-hydrogen) atoms. The highest BCUT2D eigenvalue weighted by Crippen LogP contribution is 2.26. The highest BCUT2D eigenvalue weighted by atomic mass is 16.5. The maximum atomic E-state index is 5.46. The number of imidazole rings is 2. The Labute approximate surface area is 128 Å². The van der Waals surface area contributed by atoms with Gasteiger partial charge < -0.3 is 4.74 Å². The second kappa shape index (κ2) is 4.63. The summed E-state index contributed by atoms with van der Waals surface area (Å²) in [6, 6.07) is 14.6. The fraction of sp³-hybridized carbons (Fsp3) is 0.167. The summed E-state index contributed by atoms with van der Waals surface area (Å²) in [6.45, 7) is 2.09. The Hall–Kier alpha value is -2.75. The van der Waals surface area contributed by atoms with Crippen molar-refractivity contribution in [2.24, 2.45) is 7.05 Å². The quantitative estimate of drug-likeness (QED) is 0.521. The van der Waals surface area contributed by atoms with Crippen LogP contribution >= 0.6 is 0 Å². The molecule has 0 bridgehead atoms. The van der Waals surface area contributed by atoms with Gasteiger partial charge in [-0.1, -0.05) is 18.2 Å². The Morgan fingerprint density at radius 1 is 1.00 bits per heavy atom. The normalized spacial score (nSPS) is 11.4. The lowest BCUT2D eigenvalue weighted by Gasteiger charge is -2.08. The summed E-state index contributed by atoms with van der Waals surface area (Å²) < 4.78 is 12.1. The van der Waals surface area contributed by atoms with E-state index in [2.05, 4.69) is 70.2 Å². The largest absolute Gasteiger partial charge is 0.496 e. The SMILES string of the molecule is COc1cccc(-n2ccn3c4ccccc4[n+](C)c23)c1C. The summed E-state index contributed by atoms with van der Waals surface area (Å²) >= 11 is 0. The van der Waals surface area contributed by atoms with E-state index in [0.29, 0.717) is 0 Å². The van der Waals surface area contributed by atoms with E-state index in [1.165, 1.54) is 11.0 Å². The van der Waals surface area contributed by atoms with E-state index < -0.39 is 0 Å². The molecule has 0 saturated heterocycles. The fourth-order valence-electron chi connectivity index (χ4n) is 3.23. The number of para-hydroxylation sites is 2. The van der Waals surface area contributed by atoms with Gasteiger partial charge in [-0.25, -0.2) is 9.13 Å². The smallest absolute Gasteiger partial charge is 0.374 e. The van der Waals surface area contributed by atoms with E-state index in [1.807, 2.05) is 12.1 Å². The maximum Gasteiger partial charge on any atom is 0.374 e. The zero-order chi connectivity index (χ0) is 15.3. The molecule has 0 fully saturated rings. The van der Waals surface area contributed by atoms with Crippen molar-refractivity contribution in [3.8, 4) is 11.4 Å². The molecule has 0 atom stereocenters.